The summed E-state index contributed by atoms with van der Waals surface area (Å²) in [5, 5.41) is 12.3. The minimum atomic E-state index is -2.79. The van der Waals surface area contributed by atoms with Gasteiger partial charge in [0.2, 0.25) is 0 Å². The van der Waals surface area contributed by atoms with Crippen LogP contribution in [0, 0.1) is 17.2 Å². The van der Waals surface area contributed by atoms with Gasteiger partial charge in [-0.3, -0.25) is 0 Å². The number of rotatable bonds is 5. The second-order valence-corrected chi connectivity index (χ2v) is 4.68. The Kier molecular flexibility index (Phi) is 4.69. The van der Waals surface area contributed by atoms with Gasteiger partial charge >= 0.3 is 6.61 Å². The molecule has 2 rings (SSSR count). The highest BCUT2D eigenvalue weighted by atomic mass is 19.3. The molecule has 102 valence electrons. The first-order chi connectivity index (χ1) is 9.19. The van der Waals surface area contributed by atoms with Gasteiger partial charge in [0.15, 0.2) is 0 Å². The van der Waals surface area contributed by atoms with E-state index in [2.05, 4.69) is 16.1 Å². The van der Waals surface area contributed by atoms with Crippen molar-refractivity contribution in [3.8, 4) is 11.8 Å². The quantitative estimate of drug-likeness (QED) is 0.890. The van der Waals surface area contributed by atoms with Crippen LogP contribution in [0.1, 0.15) is 24.8 Å². The molecule has 1 N–H and O–H groups in total. The van der Waals surface area contributed by atoms with E-state index in [0.717, 1.165) is 24.8 Å². The standard InChI is InChI=1S/C14H16F2N2O/c15-14(16)19-12-6-4-10(5-7-12)9-18-13-3-1-2-11(13)8-17/h4-7,11,13-14,18H,1-3,9H2. The molecule has 2 atom stereocenters. The lowest BCUT2D eigenvalue weighted by atomic mass is 10.1. The Morgan fingerprint density at radius 2 is 2.05 bits per heavy atom. The molecule has 5 heteroatoms. The summed E-state index contributed by atoms with van der Waals surface area (Å²) in [6.45, 7) is -2.16. The summed E-state index contributed by atoms with van der Waals surface area (Å²) >= 11 is 0. The molecular weight excluding hydrogens is 250 g/mol. The van der Waals surface area contributed by atoms with Gasteiger partial charge in [0, 0.05) is 12.6 Å². The van der Waals surface area contributed by atoms with Gasteiger partial charge in [-0.25, -0.2) is 0 Å². The normalized spacial score (nSPS) is 22.4. The van der Waals surface area contributed by atoms with Gasteiger partial charge < -0.3 is 10.1 Å². The molecule has 0 aromatic heterocycles. The van der Waals surface area contributed by atoms with Crippen LogP contribution in [0.5, 0.6) is 5.75 Å². The molecule has 0 saturated heterocycles. The van der Waals surface area contributed by atoms with Crippen molar-refractivity contribution < 1.29 is 13.5 Å². The third-order valence-electron chi connectivity index (χ3n) is 3.40. The summed E-state index contributed by atoms with van der Waals surface area (Å²) in [5.74, 6) is 0.246. The first-order valence-electron chi connectivity index (χ1n) is 6.36. The minimum Gasteiger partial charge on any atom is -0.435 e. The average molecular weight is 266 g/mol. The number of nitrogens with zero attached hydrogens (tertiary/aromatic N) is 1. The van der Waals surface area contributed by atoms with Crippen LogP contribution >= 0.6 is 0 Å². The predicted octanol–water partition coefficient (Wildman–Crippen LogP) is 3.07. The predicted molar refractivity (Wildman–Crippen MR) is 66.7 cm³/mol. The number of alkyl halides is 2. The molecule has 0 spiro atoms. The van der Waals surface area contributed by atoms with Crippen molar-refractivity contribution in [2.45, 2.75) is 38.5 Å². The Balaban J connectivity index is 1.85. The Hall–Kier alpha value is -1.67. The van der Waals surface area contributed by atoms with Crippen LogP contribution in [-0.2, 0) is 6.54 Å². The molecule has 1 saturated carbocycles. The summed E-state index contributed by atoms with van der Waals surface area (Å²) in [5.41, 5.74) is 0.991. The highest BCUT2D eigenvalue weighted by Crippen LogP contribution is 2.25. The molecule has 19 heavy (non-hydrogen) atoms. The van der Waals surface area contributed by atoms with Crippen molar-refractivity contribution in [3.05, 3.63) is 29.8 Å². The van der Waals surface area contributed by atoms with Crippen LogP contribution in [0.4, 0.5) is 8.78 Å². The number of hydrogen-bond acceptors (Lipinski definition) is 3. The molecule has 0 amide bonds. The third kappa shape index (κ3) is 3.90. The second kappa shape index (κ2) is 6.48. The molecule has 0 bridgehead atoms. The molecule has 3 nitrogen and oxygen atoms in total. The van der Waals surface area contributed by atoms with Crippen LogP contribution in [0.3, 0.4) is 0 Å². The number of nitriles is 1. The first-order valence-corrected chi connectivity index (χ1v) is 6.36. The van der Waals surface area contributed by atoms with E-state index in [4.69, 9.17) is 5.26 Å². The average Bonchev–Trinajstić information content (AvgIpc) is 2.84. The smallest absolute Gasteiger partial charge is 0.387 e. The zero-order valence-corrected chi connectivity index (χ0v) is 10.5. The Bertz CT molecular complexity index is 442. The van der Waals surface area contributed by atoms with E-state index in [1.165, 1.54) is 12.1 Å². The van der Waals surface area contributed by atoms with Gasteiger partial charge in [0.05, 0.1) is 12.0 Å². The molecule has 1 aromatic carbocycles. The number of halogens is 2. The number of hydrogen-bond donors (Lipinski definition) is 1. The molecular formula is C14H16F2N2O. The number of nitrogens with one attached hydrogen (secondary N) is 1. The Labute approximate surface area is 111 Å². The van der Waals surface area contributed by atoms with E-state index in [0.29, 0.717) is 6.54 Å². The maximum absolute atomic E-state index is 12.0. The van der Waals surface area contributed by atoms with Crippen LogP contribution in [0.25, 0.3) is 0 Å². The summed E-state index contributed by atoms with van der Waals surface area (Å²) in [7, 11) is 0. The summed E-state index contributed by atoms with van der Waals surface area (Å²) in [6, 6.07) is 9.11. The summed E-state index contributed by atoms with van der Waals surface area (Å²) in [6.07, 6.45) is 3.05. The van der Waals surface area contributed by atoms with E-state index in [-0.39, 0.29) is 17.7 Å². The van der Waals surface area contributed by atoms with Crippen molar-refractivity contribution in [3.63, 3.8) is 0 Å². The fraction of sp³-hybridized carbons (Fsp3) is 0.500. The lowest BCUT2D eigenvalue weighted by Crippen LogP contribution is -2.31. The number of benzene rings is 1. The largest absolute Gasteiger partial charge is 0.435 e. The van der Waals surface area contributed by atoms with Gasteiger partial charge in [-0.15, -0.1) is 0 Å². The fourth-order valence-corrected chi connectivity index (χ4v) is 2.40. The lowest BCUT2D eigenvalue weighted by molar-refractivity contribution is -0.0498. The van der Waals surface area contributed by atoms with Gasteiger partial charge in [0.1, 0.15) is 5.75 Å². The zero-order chi connectivity index (χ0) is 13.7. The first kappa shape index (κ1) is 13.8. The Morgan fingerprint density at radius 3 is 2.68 bits per heavy atom. The molecule has 0 radical (unpaired) electrons. The number of ether oxygens (including phenoxy) is 1. The van der Waals surface area contributed by atoms with Gasteiger partial charge in [-0.05, 0) is 30.5 Å². The minimum absolute atomic E-state index is 0.0847. The van der Waals surface area contributed by atoms with Gasteiger partial charge in [-0.2, -0.15) is 14.0 Å². The van der Waals surface area contributed by atoms with Crippen LogP contribution in [0.15, 0.2) is 24.3 Å². The molecule has 0 heterocycles. The summed E-state index contributed by atoms with van der Waals surface area (Å²) in [4.78, 5) is 0. The molecule has 2 unspecified atom stereocenters. The van der Waals surface area contributed by atoms with Crippen molar-refractivity contribution in [1.29, 1.82) is 5.26 Å². The molecule has 1 aliphatic rings. The van der Waals surface area contributed by atoms with Crippen molar-refractivity contribution in [2.24, 2.45) is 5.92 Å². The van der Waals surface area contributed by atoms with E-state index in [9.17, 15) is 8.78 Å². The maximum atomic E-state index is 12.0. The van der Waals surface area contributed by atoms with Crippen LogP contribution in [-0.4, -0.2) is 12.7 Å². The highest BCUT2D eigenvalue weighted by Gasteiger charge is 2.26. The van der Waals surface area contributed by atoms with Crippen molar-refractivity contribution >= 4 is 0 Å². The van der Waals surface area contributed by atoms with Crippen LogP contribution < -0.4 is 10.1 Å². The fourth-order valence-electron chi connectivity index (χ4n) is 2.40. The molecule has 1 aliphatic carbocycles. The van der Waals surface area contributed by atoms with Gasteiger partial charge in [-0.1, -0.05) is 18.6 Å². The lowest BCUT2D eigenvalue weighted by Gasteiger charge is -2.15. The Morgan fingerprint density at radius 1 is 1.32 bits per heavy atom. The van der Waals surface area contributed by atoms with Crippen LogP contribution in [0.2, 0.25) is 0 Å². The molecule has 0 aliphatic heterocycles. The van der Waals surface area contributed by atoms with Crippen molar-refractivity contribution in [1.82, 2.24) is 5.32 Å². The highest BCUT2D eigenvalue weighted by molar-refractivity contribution is 5.27. The van der Waals surface area contributed by atoms with Gasteiger partial charge in [0.25, 0.3) is 0 Å². The summed E-state index contributed by atoms with van der Waals surface area (Å²) < 4.78 is 28.3. The maximum Gasteiger partial charge on any atom is 0.387 e. The molecule has 1 fully saturated rings. The third-order valence-corrected chi connectivity index (χ3v) is 3.40. The SMILES string of the molecule is N#CC1CCCC1NCc1ccc(OC(F)F)cc1. The zero-order valence-electron chi connectivity index (χ0n) is 10.5. The van der Waals surface area contributed by atoms with E-state index < -0.39 is 6.61 Å². The van der Waals surface area contributed by atoms with E-state index in [1.54, 1.807) is 12.1 Å². The molecule has 1 aromatic rings. The second-order valence-electron chi connectivity index (χ2n) is 4.68. The topological polar surface area (TPSA) is 45.0 Å². The monoisotopic (exact) mass is 266 g/mol. The van der Waals surface area contributed by atoms with E-state index >= 15 is 0 Å². The van der Waals surface area contributed by atoms with E-state index in [1.807, 2.05) is 0 Å². The van der Waals surface area contributed by atoms with Crippen molar-refractivity contribution in [2.75, 3.05) is 0 Å².